The molecule has 132 valence electrons. The molecule has 25 heavy (non-hydrogen) atoms. The molecule has 1 amide bonds. The zero-order valence-corrected chi connectivity index (χ0v) is 15.8. The number of hydrogen-bond donors (Lipinski definition) is 1. The number of halogens is 2. The maximum Gasteiger partial charge on any atom is 0.280 e. The van der Waals surface area contributed by atoms with E-state index in [0.717, 1.165) is 5.56 Å². The molecule has 0 saturated carbocycles. The summed E-state index contributed by atoms with van der Waals surface area (Å²) in [7, 11) is 0. The van der Waals surface area contributed by atoms with E-state index in [9.17, 15) is 4.79 Å². The molecule has 0 radical (unpaired) electrons. The van der Waals surface area contributed by atoms with Crippen molar-refractivity contribution in [1.82, 2.24) is 5.43 Å². The summed E-state index contributed by atoms with van der Waals surface area (Å²) < 4.78 is 5.53. The van der Waals surface area contributed by atoms with Gasteiger partial charge < -0.3 is 4.74 Å². The molecule has 0 aliphatic rings. The van der Waals surface area contributed by atoms with Crippen molar-refractivity contribution in [3.05, 3.63) is 63.6 Å². The largest absolute Gasteiger partial charge is 0.479 e. The lowest BCUT2D eigenvalue weighted by atomic mass is 10.0. The summed E-state index contributed by atoms with van der Waals surface area (Å²) in [6.07, 6.45) is 0.837. The van der Waals surface area contributed by atoms with Gasteiger partial charge in [0.1, 0.15) is 5.75 Å². The molecule has 1 N–H and O–H groups in total. The summed E-state index contributed by atoms with van der Waals surface area (Å²) in [4.78, 5) is 12.0. The minimum atomic E-state index is -0.751. The van der Waals surface area contributed by atoms with E-state index >= 15 is 0 Å². The molecule has 2 aromatic rings. The summed E-state index contributed by atoms with van der Waals surface area (Å²) in [6, 6.07) is 12.8. The van der Waals surface area contributed by atoms with E-state index in [1.165, 1.54) is 5.56 Å². The van der Waals surface area contributed by atoms with Gasteiger partial charge >= 0.3 is 0 Å². The predicted molar refractivity (Wildman–Crippen MR) is 103 cm³/mol. The Morgan fingerprint density at radius 3 is 2.40 bits per heavy atom. The van der Waals surface area contributed by atoms with Gasteiger partial charge in [-0.3, -0.25) is 4.79 Å². The quantitative estimate of drug-likeness (QED) is 0.565. The first-order valence-electron chi connectivity index (χ1n) is 7.91. The molecule has 0 saturated heterocycles. The third kappa shape index (κ3) is 5.76. The molecule has 0 fully saturated rings. The second kappa shape index (κ2) is 8.88. The van der Waals surface area contributed by atoms with E-state index in [-0.39, 0.29) is 5.91 Å². The third-order valence-electron chi connectivity index (χ3n) is 3.56. The van der Waals surface area contributed by atoms with Crippen LogP contribution in [0.5, 0.6) is 5.75 Å². The highest BCUT2D eigenvalue weighted by atomic mass is 35.5. The molecule has 0 bridgehead atoms. The van der Waals surface area contributed by atoms with Gasteiger partial charge in [0.2, 0.25) is 0 Å². The summed E-state index contributed by atoms with van der Waals surface area (Å²) in [6.45, 7) is 5.89. The van der Waals surface area contributed by atoms with E-state index in [0.29, 0.717) is 21.7 Å². The highest BCUT2D eigenvalue weighted by Crippen LogP contribution is 2.28. The molecule has 0 aromatic heterocycles. The van der Waals surface area contributed by atoms with Gasteiger partial charge in [0.15, 0.2) is 6.10 Å². The Balaban J connectivity index is 1.90. The van der Waals surface area contributed by atoms with Crippen molar-refractivity contribution in [3.8, 4) is 5.75 Å². The van der Waals surface area contributed by atoms with Crippen molar-refractivity contribution < 1.29 is 9.53 Å². The minimum Gasteiger partial charge on any atom is -0.479 e. The zero-order chi connectivity index (χ0) is 18.4. The lowest BCUT2D eigenvalue weighted by Crippen LogP contribution is -2.33. The van der Waals surface area contributed by atoms with Crippen molar-refractivity contribution in [2.75, 3.05) is 0 Å². The molecule has 2 rings (SSSR count). The van der Waals surface area contributed by atoms with Crippen LogP contribution in [0.15, 0.2) is 47.6 Å². The van der Waals surface area contributed by atoms with Crippen LogP contribution in [-0.2, 0) is 4.79 Å². The van der Waals surface area contributed by atoms with Gasteiger partial charge in [-0.2, -0.15) is 5.10 Å². The average Bonchev–Trinajstić information content (AvgIpc) is 2.57. The van der Waals surface area contributed by atoms with Gasteiger partial charge in [-0.05, 0) is 42.2 Å². The van der Waals surface area contributed by atoms with Crippen LogP contribution in [-0.4, -0.2) is 18.2 Å². The second-order valence-corrected chi connectivity index (χ2v) is 6.73. The molecular weight excluding hydrogens is 359 g/mol. The van der Waals surface area contributed by atoms with Crippen molar-refractivity contribution in [2.45, 2.75) is 32.8 Å². The van der Waals surface area contributed by atoms with E-state index in [4.69, 9.17) is 27.9 Å². The monoisotopic (exact) mass is 378 g/mol. The second-order valence-electron chi connectivity index (χ2n) is 5.89. The number of hydrazone groups is 1. The standard InChI is InChI=1S/C19H20Cl2N2O2/c1-12(2)15-6-4-14(5-7-15)11-22-23-19(24)13(3)25-18-9-8-16(20)10-17(18)21/h4-13H,1-3H3,(H,23,24)/b22-11+. The summed E-state index contributed by atoms with van der Waals surface area (Å²) >= 11 is 11.9. The topological polar surface area (TPSA) is 50.7 Å². The lowest BCUT2D eigenvalue weighted by molar-refractivity contribution is -0.127. The molecule has 1 atom stereocenters. The fourth-order valence-electron chi connectivity index (χ4n) is 2.04. The Morgan fingerprint density at radius 2 is 1.80 bits per heavy atom. The Morgan fingerprint density at radius 1 is 1.12 bits per heavy atom. The zero-order valence-electron chi connectivity index (χ0n) is 14.3. The van der Waals surface area contributed by atoms with Crippen LogP contribution < -0.4 is 10.2 Å². The molecule has 1 unspecified atom stereocenters. The highest BCUT2D eigenvalue weighted by molar-refractivity contribution is 6.35. The van der Waals surface area contributed by atoms with Gasteiger partial charge in [-0.25, -0.2) is 5.43 Å². The highest BCUT2D eigenvalue weighted by Gasteiger charge is 2.15. The maximum absolute atomic E-state index is 12.0. The van der Waals surface area contributed by atoms with E-state index in [1.807, 2.05) is 24.3 Å². The molecule has 0 heterocycles. The molecule has 0 aliphatic carbocycles. The molecule has 4 nitrogen and oxygen atoms in total. The predicted octanol–water partition coefficient (Wildman–Crippen LogP) is 5.03. The average molecular weight is 379 g/mol. The first-order chi connectivity index (χ1) is 11.9. The van der Waals surface area contributed by atoms with E-state index < -0.39 is 6.10 Å². The van der Waals surface area contributed by atoms with Gasteiger partial charge in [0.05, 0.1) is 11.2 Å². The van der Waals surface area contributed by atoms with Gasteiger partial charge in [0, 0.05) is 5.02 Å². The normalized spacial score (nSPS) is 12.4. The van der Waals surface area contributed by atoms with Crippen LogP contribution in [0.3, 0.4) is 0 Å². The van der Waals surface area contributed by atoms with Gasteiger partial charge in [-0.15, -0.1) is 0 Å². The molecule has 0 aliphatic heterocycles. The van der Waals surface area contributed by atoms with Crippen molar-refractivity contribution in [3.63, 3.8) is 0 Å². The van der Waals surface area contributed by atoms with E-state index in [1.54, 1.807) is 31.3 Å². The SMILES string of the molecule is CC(Oc1ccc(Cl)cc1Cl)C(=O)N/N=C/c1ccc(C(C)C)cc1. The molecule has 0 spiro atoms. The smallest absolute Gasteiger partial charge is 0.280 e. The number of amides is 1. The Hall–Kier alpha value is -2.04. The lowest BCUT2D eigenvalue weighted by Gasteiger charge is -2.14. The number of carbonyl (C=O) groups excluding carboxylic acids is 1. The van der Waals surface area contributed by atoms with Gasteiger partial charge in [-0.1, -0.05) is 61.3 Å². The Bertz CT molecular complexity index is 759. The third-order valence-corrected chi connectivity index (χ3v) is 4.09. The fourth-order valence-corrected chi connectivity index (χ4v) is 2.50. The number of nitrogens with one attached hydrogen (secondary N) is 1. The number of ether oxygens (including phenoxy) is 1. The van der Waals surface area contributed by atoms with Crippen molar-refractivity contribution in [1.29, 1.82) is 0 Å². The van der Waals surface area contributed by atoms with Crippen LogP contribution in [0.4, 0.5) is 0 Å². The molecular formula is C19H20Cl2N2O2. The maximum atomic E-state index is 12.0. The number of hydrogen-bond acceptors (Lipinski definition) is 3. The van der Waals surface area contributed by atoms with Crippen LogP contribution in [0, 0.1) is 0 Å². The number of nitrogens with zero attached hydrogens (tertiary/aromatic N) is 1. The number of benzene rings is 2. The first kappa shape index (κ1) is 19.3. The number of rotatable bonds is 6. The molecule has 2 aromatic carbocycles. The fraction of sp³-hybridized carbons (Fsp3) is 0.263. The van der Waals surface area contributed by atoms with Crippen molar-refractivity contribution in [2.24, 2.45) is 5.10 Å². The minimum absolute atomic E-state index is 0.348. The summed E-state index contributed by atoms with van der Waals surface area (Å²) in [5.74, 6) is 0.492. The summed E-state index contributed by atoms with van der Waals surface area (Å²) in [5.41, 5.74) is 4.61. The van der Waals surface area contributed by atoms with E-state index in [2.05, 4.69) is 24.4 Å². The molecule has 6 heteroatoms. The Kier molecular flexibility index (Phi) is 6.85. The van der Waals surface area contributed by atoms with Crippen LogP contribution in [0.1, 0.15) is 37.8 Å². The van der Waals surface area contributed by atoms with Crippen LogP contribution >= 0.6 is 23.2 Å². The van der Waals surface area contributed by atoms with Crippen LogP contribution in [0.25, 0.3) is 0 Å². The van der Waals surface area contributed by atoms with Gasteiger partial charge in [0.25, 0.3) is 5.91 Å². The Labute approximate surface area is 157 Å². The van der Waals surface area contributed by atoms with Crippen molar-refractivity contribution >= 4 is 35.3 Å². The summed E-state index contributed by atoms with van der Waals surface area (Å²) in [5, 5.41) is 4.81. The first-order valence-corrected chi connectivity index (χ1v) is 8.67. The number of carbonyl (C=O) groups is 1. The van der Waals surface area contributed by atoms with Crippen LogP contribution in [0.2, 0.25) is 10.0 Å².